The quantitative estimate of drug-likeness (QED) is 0.533. The number of nitrogens with one attached hydrogen (secondary N) is 1. The highest BCUT2D eigenvalue weighted by molar-refractivity contribution is 6.00. The highest BCUT2D eigenvalue weighted by Crippen LogP contribution is 2.36. The molecule has 0 radical (unpaired) electrons. The van der Waals surface area contributed by atoms with E-state index in [-0.39, 0.29) is 11.5 Å². The van der Waals surface area contributed by atoms with Crippen LogP contribution in [0.4, 0.5) is 5.69 Å². The number of amides is 1. The lowest BCUT2D eigenvalue weighted by molar-refractivity contribution is 0.0713. The molecule has 1 atom stereocenters. The first-order valence-corrected chi connectivity index (χ1v) is 11.3. The second kappa shape index (κ2) is 7.22. The Bertz CT molecular complexity index is 1400. The van der Waals surface area contributed by atoms with Crippen molar-refractivity contribution in [1.82, 2.24) is 19.5 Å². The molecule has 1 saturated heterocycles. The van der Waals surface area contributed by atoms with E-state index in [0.717, 1.165) is 19.3 Å². The van der Waals surface area contributed by atoms with E-state index in [1.807, 2.05) is 23.1 Å². The highest BCUT2D eigenvalue weighted by atomic mass is 16.2. The number of aromatic nitrogens is 3. The van der Waals surface area contributed by atoms with Gasteiger partial charge < -0.3 is 14.8 Å². The summed E-state index contributed by atoms with van der Waals surface area (Å²) in [5.74, 6) is -0.0701. The van der Waals surface area contributed by atoms with Crippen molar-refractivity contribution >= 4 is 28.1 Å². The van der Waals surface area contributed by atoms with Crippen LogP contribution in [0.5, 0.6) is 0 Å². The monoisotopic (exact) mass is 427 g/mol. The van der Waals surface area contributed by atoms with Crippen LogP contribution in [-0.4, -0.2) is 50.6 Å². The third kappa shape index (κ3) is 2.84. The first kappa shape index (κ1) is 19.1. The summed E-state index contributed by atoms with van der Waals surface area (Å²) in [6.07, 6.45) is 4.52. The van der Waals surface area contributed by atoms with Gasteiger partial charge in [-0.3, -0.25) is 9.59 Å². The van der Waals surface area contributed by atoms with Gasteiger partial charge in [0.05, 0.1) is 17.1 Å². The second-order valence-corrected chi connectivity index (χ2v) is 8.90. The molecule has 0 spiro atoms. The van der Waals surface area contributed by atoms with Gasteiger partial charge in [-0.2, -0.15) is 5.10 Å². The fraction of sp³-hybridized carbons (Fsp3) is 0.320. The molecule has 6 rings (SSSR count). The molecule has 1 unspecified atom stereocenters. The largest absolute Gasteiger partial charge is 0.365 e. The van der Waals surface area contributed by atoms with Gasteiger partial charge in [0.2, 0.25) is 0 Å². The Labute approximate surface area is 185 Å². The van der Waals surface area contributed by atoms with Crippen LogP contribution in [0.1, 0.15) is 35.7 Å². The standard InChI is InChI=1S/C25H25N5O2/c1-16-14-17-6-2-4-8-21(17)29(16)18-10-12-28(13-11-18)25(32)20-15-26-30-22-9-5-3-7-19(22)24(31)27-23(20)30/h2-9,15-16,18H,10-14H2,1H3,(H,27,31). The topological polar surface area (TPSA) is 73.7 Å². The number of H-pyrrole nitrogens is 1. The van der Waals surface area contributed by atoms with Gasteiger partial charge in [0.15, 0.2) is 0 Å². The normalized spacial score (nSPS) is 19.1. The predicted octanol–water partition coefficient (Wildman–Crippen LogP) is 3.23. The molecule has 2 aliphatic rings. The van der Waals surface area contributed by atoms with Gasteiger partial charge in [-0.25, -0.2) is 4.52 Å². The molecule has 2 aromatic carbocycles. The smallest absolute Gasteiger partial charge is 0.259 e. The van der Waals surface area contributed by atoms with Crippen molar-refractivity contribution in [3.8, 4) is 0 Å². The SMILES string of the molecule is CC1Cc2ccccc2N1C1CCN(C(=O)c2cnn3c2[nH]c(=O)c2ccccc23)CC1. The summed E-state index contributed by atoms with van der Waals surface area (Å²) in [6, 6.07) is 16.9. The zero-order valence-corrected chi connectivity index (χ0v) is 18.0. The number of benzene rings is 2. The second-order valence-electron chi connectivity index (χ2n) is 8.90. The lowest BCUT2D eigenvalue weighted by Crippen LogP contribution is -2.48. The molecule has 7 nitrogen and oxygen atoms in total. The van der Waals surface area contributed by atoms with Crippen LogP contribution in [0, 0.1) is 0 Å². The molecule has 1 amide bonds. The molecule has 2 aromatic heterocycles. The summed E-state index contributed by atoms with van der Waals surface area (Å²) < 4.78 is 1.65. The van der Waals surface area contributed by atoms with E-state index in [9.17, 15) is 9.59 Å². The summed E-state index contributed by atoms with van der Waals surface area (Å²) in [5, 5.41) is 4.97. The number of hydrogen-bond donors (Lipinski definition) is 1. The number of likely N-dealkylation sites (tertiary alicyclic amines) is 1. The molecule has 7 heteroatoms. The maximum Gasteiger partial charge on any atom is 0.259 e. The van der Waals surface area contributed by atoms with E-state index in [1.54, 1.807) is 16.8 Å². The van der Waals surface area contributed by atoms with Crippen molar-refractivity contribution in [2.75, 3.05) is 18.0 Å². The molecule has 4 aromatic rings. The Morgan fingerprint density at radius 3 is 2.66 bits per heavy atom. The fourth-order valence-corrected chi connectivity index (χ4v) is 5.50. The average molecular weight is 428 g/mol. The molecule has 0 saturated carbocycles. The summed E-state index contributed by atoms with van der Waals surface area (Å²) in [6.45, 7) is 3.69. The zero-order chi connectivity index (χ0) is 21.8. The van der Waals surface area contributed by atoms with E-state index in [0.29, 0.717) is 47.3 Å². The van der Waals surface area contributed by atoms with E-state index < -0.39 is 0 Å². The third-order valence-corrected chi connectivity index (χ3v) is 7.01. The minimum atomic E-state index is -0.206. The minimum Gasteiger partial charge on any atom is -0.365 e. The van der Waals surface area contributed by atoms with Crippen LogP contribution < -0.4 is 10.5 Å². The maximum absolute atomic E-state index is 13.3. The molecule has 1 fully saturated rings. The Morgan fingerprint density at radius 2 is 1.81 bits per heavy atom. The molecular weight excluding hydrogens is 402 g/mol. The predicted molar refractivity (Wildman–Crippen MR) is 124 cm³/mol. The molecule has 162 valence electrons. The Balaban J connectivity index is 1.25. The number of rotatable bonds is 2. The van der Waals surface area contributed by atoms with E-state index in [4.69, 9.17) is 0 Å². The number of para-hydroxylation sites is 2. The van der Waals surface area contributed by atoms with Crippen molar-refractivity contribution in [3.63, 3.8) is 0 Å². The number of piperidine rings is 1. The van der Waals surface area contributed by atoms with Crippen molar-refractivity contribution in [2.45, 2.75) is 38.3 Å². The van der Waals surface area contributed by atoms with E-state index >= 15 is 0 Å². The molecule has 4 heterocycles. The van der Waals surface area contributed by atoms with Gasteiger partial charge in [-0.05, 0) is 49.9 Å². The summed E-state index contributed by atoms with van der Waals surface area (Å²) in [7, 11) is 0. The summed E-state index contributed by atoms with van der Waals surface area (Å²) >= 11 is 0. The van der Waals surface area contributed by atoms with Gasteiger partial charge in [-0.1, -0.05) is 30.3 Å². The van der Waals surface area contributed by atoms with Gasteiger partial charge in [0, 0.05) is 30.9 Å². The Morgan fingerprint density at radius 1 is 1.06 bits per heavy atom. The molecule has 2 aliphatic heterocycles. The Hall–Kier alpha value is -3.61. The van der Waals surface area contributed by atoms with Crippen molar-refractivity contribution in [3.05, 3.63) is 76.2 Å². The third-order valence-electron chi connectivity index (χ3n) is 7.01. The van der Waals surface area contributed by atoms with Gasteiger partial charge >= 0.3 is 0 Å². The molecule has 32 heavy (non-hydrogen) atoms. The highest BCUT2D eigenvalue weighted by Gasteiger charge is 2.35. The number of fused-ring (bicyclic) bond motifs is 4. The number of aromatic amines is 1. The van der Waals surface area contributed by atoms with E-state index in [2.05, 4.69) is 46.2 Å². The maximum atomic E-state index is 13.3. The molecule has 0 bridgehead atoms. The summed E-state index contributed by atoms with van der Waals surface area (Å²) in [4.78, 5) is 33.2. The lowest BCUT2D eigenvalue weighted by Gasteiger charge is -2.40. The molecule has 1 N–H and O–H groups in total. The lowest BCUT2D eigenvalue weighted by atomic mass is 10.0. The number of carbonyl (C=O) groups is 1. The van der Waals surface area contributed by atoms with Gasteiger partial charge in [0.25, 0.3) is 11.5 Å². The fourth-order valence-electron chi connectivity index (χ4n) is 5.50. The van der Waals surface area contributed by atoms with Crippen molar-refractivity contribution in [2.24, 2.45) is 0 Å². The number of nitrogens with zero attached hydrogens (tertiary/aromatic N) is 4. The first-order valence-electron chi connectivity index (χ1n) is 11.3. The minimum absolute atomic E-state index is 0.0701. The Kier molecular flexibility index (Phi) is 4.31. The van der Waals surface area contributed by atoms with Crippen molar-refractivity contribution in [1.29, 1.82) is 0 Å². The molecule has 0 aliphatic carbocycles. The van der Waals surface area contributed by atoms with Crippen LogP contribution in [-0.2, 0) is 6.42 Å². The van der Waals surface area contributed by atoms with Crippen LogP contribution in [0.25, 0.3) is 16.6 Å². The van der Waals surface area contributed by atoms with Crippen LogP contribution in [0.3, 0.4) is 0 Å². The van der Waals surface area contributed by atoms with Gasteiger partial charge in [-0.15, -0.1) is 0 Å². The van der Waals surface area contributed by atoms with Crippen LogP contribution in [0.2, 0.25) is 0 Å². The first-order chi connectivity index (χ1) is 15.6. The zero-order valence-electron chi connectivity index (χ0n) is 18.0. The number of hydrogen-bond acceptors (Lipinski definition) is 4. The van der Waals surface area contributed by atoms with Crippen LogP contribution >= 0.6 is 0 Å². The number of anilines is 1. The number of carbonyl (C=O) groups excluding carboxylic acids is 1. The summed E-state index contributed by atoms with van der Waals surface area (Å²) in [5.41, 5.74) is 4.17. The van der Waals surface area contributed by atoms with Crippen LogP contribution in [0.15, 0.2) is 59.5 Å². The van der Waals surface area contributed by atoms with E-state index in [1.165, 1.54) is 11.3 Å². The molecular formula is C25H25N5O2. The average Bonchev–Trinajstić information content (AvgIpc) is 3.39. The van der Waals surface area contributed by atoms with Crippen molar-refractivity contribution < 1.29 is 4.79 Å². The van der Waals surface area contributed by atoms with Gasteiger partial charge in [0.1, 0.15) is 11.2 Å².